The van der Waals surface area contributed by atoms with Crippen LogP contribution in [0.5, 0.6) is 0 Å². The van der Waals surface area contributed by atoms with Gasteiger partial charge in [-0.1, -0.05) is 6.58 Å². The number of ether oxygens (including phenoxy) is 1. The zero-order valence-electron chi connectivity index (χ0n) is 5.79. The van der Waals surface area contributed by atoms with E-state index in [0.29, 0.717) is 5.76 Å². The van der Waals surface area contributed by atoms with Crippen molar-refractivity contribution in [3.63, 3.8) is 0 Å². The van der Waals surface area contributed by atoms with Gasteiger partial charge in [-0.15, -0.1) is 0 Å². The molecule has 0 aliphatic carbocycles. The van der Waals surface area contributed by atoms with Crippen LogP contribution in [0.1, 0.15) is 6.92 Å². The van der Waals surface area contributed by atoms with Crippen LogP contribution in [0.2, 0.25) is 0 Å². The standard InChI is InChI=1S/C7H11NO/c1-4-7(9-3)6-8-5-2/h4-6H,1H2,2-3H3/b7-6+,8-5-. The van der Waals surface area contributed by atoms with Crippen LogP contribution in [0.15, 0.2) is 29.6 Å². The Balaban J connectivity index is 3.90. The van der Waals surface area contributed by atoms with Gasteiger partial charge in [-0.05, 0) is 13.0 Å². The number of hydrogen-bond donors (Lipinski definition) is 0. The Morgan fingerprint density at radius 3 is 2.67 bits per heavy atom. The van der Waals surface area contributed by atoms with E-state index < -0.39 is 0 Å². The fourth-order valence-electron chi connectivity index (χ4n) is 0.337. The van der Waals surface area contributed by atoms with E-state index in [4.69, 9.17) is 4.74 Å². The monoisotopic (exact) mass is 125 g/mol. The summed E-state index contributed by atoms with van der Waals surface area (Å²) in [6.45, 7) is 5.36. The topological polar surface area (TPSA) is 21.6 Å². The van der Waals surface area contributed by atoms with Crippen LogP contribution in [0.4, 0.5) is 0 Å². The van der Waals surface area contributed by atoms with Gasteiger partial charge in [-0.25, -0.2) is 0 Å². The Bertz CT molecular complexity index is 136. The van der Waals surface area contributed by atoms with Crippen molar-refractivity contribution in [2.45, 2.75) is 6.92 Å². The highest BCUT2D eigenvalue weighted by Crippen LogP contribution is 1.94. The average Bonchev–Trinajstić information content (AvgIpc) is 1.91. The van der Waals surface area contributed by atoms with E-state index >= 15 is 0 Å². The Morgan fingerprint density at radius 1 is 1.67 bits per heavy atom. The van der Waals surface area contributed by atoms with Crippen molar-refractivity contribution in [2.24, 2.45) is 4.99 Å². The minimum atomic E-state index is 0.674. The largest absolute Gasteiger partial charge is 0.495 e. The van der Waals surface area contributed by atoms with Crippen molar-refractivity contribution in [3.8, 4) is 0 Å². The lowest BCUT2D eigenvalue weighted by Gasteiger charge is -1.93. The zero-order chi connectivity index (χ0) is 7.11. The smallest absolute Gasteiger partial charge is 0.136 e. The summed E-state index contributed by atoms with van der Waals surface area (Å²) in [5.41, 5.74) is 0. The fourth-order valence-corrected chi connectivity index (χ4v) is 0.337. The minimum absolute atomic E-state index is 0.674. The fraction of sp³-hybridized carbons (Fsp3) is 0.286. The molecule has 0 aromatic heterocycles. The molecule has 0 bridgehead atoms. The molecule has 0 aromatic carbocycles. The van der Waals surface area contributed by atoms with Gasteiger partial charge in [-0.2, -0.15) is 0 Å². The lowest BCUT2D eigenvalue weighted by Crippen LogP contribution is -1.78. The van der Waals surface area contributed by atoms with Gasteiger partial charge in [-0.3, -0.25) is 4.99 Å². The second kappa shape index (κ2) is 5.09. The van der Waals surface area contributed by atoms with Crippen molar-refractivity contribution >= 4 is 6.21 Å². The van der Waals surface area contributed by atoms with Gasteiger partial charge in [0.1, 0.15) is 5.76 Å². The first kappa shape index (κ1) is 7.95. The summed E-state index contributed by atoms with van der Waals surface area (Å²) in [7, 11) is 1.58. The van der Waals surface area contributed by atoms with E-state index in [1.54, 1.807) is 25.6 Å². The molecule has 0 aromatic rings. The van der Waals surface area contributed by atoms with E-state index in [-0.39, 0.29) is 0 Å². The minimum Gasteiger partial charge on any atom is -0.495 e. The van der Waals surface area contributed by atoms with E-state index in [0.717, 1.165) is 0 Å². The van der Waals surface area contributed by atoms with E-state index in [1.165, 1.54) is 0 Å². The Morgan fingerprint density at radius 2 is 2.33 bits per heavy atom. The number of methoxy groups -OCH3 is 1. The maximum Gasteiger partial charge on any atom is 0.136 e. The van der Waals surface area contributed by atoms with Crippen LogP contribution in [-0.4, -0.2) is 13.3 Å². The third-order valence-electron chi connectivity index (χ3n) is 0.788. The number of hydrogen-bond acceptors (Lipinski definition) is 2. The normalized spacial score (nSPS) is 12.0. The zero-order valence-corrected chi connectivity index (χ0v) is 5.79. The molecule has 0 radical (unpaired) electrons. The maximum absolute atomic E-state index is 4.83. The SMILES string of the molecule is C=C/C(=C\N=C/C)OC. The van der Waals surface area contributed by atoms with Gasteiger partial charge in [0, 0.05) is 6.21 Å². The van der Waals surface area contributed by atoms with Gasteiger partial charge in [0.25, 0.3) is 0 Å². The highest BCUT2D eigenvalue weighted by molar-refractivity contribution is 5.54. The molecule has 50 valence electrons. The van der Waals surface area contributed by atoms with Crippen molar-refractivity contribution < 1.29 is 4.74 Å². The van der Waals surface area contributed by atoms with Crippen LogP contribution in [0.25, 0.3) is 0 Å². The van der Waals surface area contributed by atoms with Crippen molar-refractivity contribution in [3.05, 3.63) is 24.6 Å². The van der Waals surface area contributed by atoms with Crippen LogP contribution in [0, 0.1) is 0 Å². The molecular formula is C7H11NO. The summed E-state index contributed by atoms with van der Waals surface area (Å²) in [6, 6.07) is 0. The number of nitrogens with zero attached hydrogens (tertiary/aromatic N) is 1. The van der Waals surface area contributed by atoms with Crippen LogP contribution in [0.3, 0.4) is 0 Å². The molecule has 9 heavy (non-hydrogen) atoms. The number of allylic oxidation sites excluding steroid dienone is 1. The highest BCUT2D eigenvalue weighted by atomic mass is 16.5. The summed E-state index contributed by atoms with van der Waals surface area (Å²) in [5.74, 6) is 0.674. The molecule has 0 saturated heterocycles. The third-order valence-corrected chi connectivity index (χ3v) is 0.788. The molecule has 0 atom stereocenters. The molecule has 0 aliphatic rings. The van der Waals surface area contributed by atoms with Crippen LogP contribution >= 0.6 is 0 Å². The summed E-state index contributed by atoms with van der Waals surface area (Å²) in [4.78, 5) is 3.83. The van der Waals surface area contributed by atoms with Crippen LogP contribution in [-0.2, 0) is 4.74 Å². The van der Waals surface area contributed by atoms with Gasteiger partial charge < -0.3 is 4.74 Å². The predicted molar refractivity (Wildman–Crippen MR) is 39.5 cm³/mol. The first-order valence-corrected chi connectivity index (χ1v) is 2.69. The molecular weight excluding hydrogens is 114 g/mol. The Labute approximate surface area is 55.6 Å². The molecule has 0 aliphatic heterocycles. The molecule has 0 fully saturated rings. The maximum atomic E-state index is 4.83. The highest BCUT2D eigenvalue weighted by Gasteiger charge is 1.80. The first-order valence-electron chi connectivity index (χ1n) is 2.69. The van der Waals surface area contributed by atoms with Gasteiger partial charge in [0.05, 0.1) is 13.3 Å². The van der Waals surface area contributed by atoms with E-state index in [9.17, 15) is 0 Å². The molecule has 0 spiro atoms. The van der Waals surface area contributed by atoms with E-state index in [2.05, 4.69) is 11.6 Å². The molecule has 0 heterocycles. The molecule has 2 nitrogen and oxygen atoms in total. The third kappa shape index (κ3) is 3.53. The van der Waals surface area contributed by atoms with Crippen molar-refractivity contribution in [1.29, 1.82) is 0 Å². The molecule has 0 saturated carbocycles. The van der Waals surface area contributed by atoms with Crippen molar-refractivity contribution in [1.82, 2.24) is 0 Å². The molecule has 0 N–H and O–H groups in total. The molecule has 2 heteroatoms. The van der Waals surface area contributed by atoms with Gasteiger partial charge in [0.2, 0.25) is 0 Å². The van der Waals surface area contributed by atoms with Crippen molar-refractivity contribution in [2.75, 3.05) is 7.11 Å². The summed E-state index contributed by atoms with van der Waals surface area (Å²) < 4.78 is 4.83. The van der Waals surface area contributed by atoms with Gasteiger partial charge >= 0.3 is 0 Å². The van der Waals surface area contributed by atoms with E-state index in [1.807, 2.05) is 6.92 Å². The lowest BCUT2D eigenvalue weighted by atomic mass is 10.5. The number of rotatable bonds is 3. The lowest BCUT2D eigenvalue weighted by molar-refractivity contribution is 0.306. The second-order valence-electron chi connectivity index (χ2n) is 1.35. The molecule has 0 rings (SSSR count). The molecule has 0 unspecified atom stereocenters. The second-order valence-corrected chi connectivity index (χ2v) is 1.35. The molecule has 0 amide bonds. The van der Waals surface area contributed by atoms with Crippen LogP contribution < -0.4 is 0 Å². The summed E-state index contributed by atoms with van der Waals surface area (Å²) >= 11 is 0. The quantitative estimate of drug-likeness (QED) is 0.320. The number of aliphatic imine (C=N–C) groups is 1. The predicted octanol–water partition coefficient (Wildman–Crippen LogP) is 1.75. The Hall–Kier alpha value is -1.05. The average molecular weight is 125 g/mol. The van der Waals surface area contributed by atoms with Gasteiger partial charge in [0.15, 0.2) is 0 Å². The summed E-state index contributed by atoms with van der Waals surface area (Å²) in [5, 5.41) is 0. The summed E-state index contributed by atoms with van der Waals surface area (Å²) in [6.07, 6.45) is 4.89. The first-order chi connectivity index (χ1) is 4.35. The Kier molecular flexibility index (Phi) is 4.50.